The first kappa shape index (κ1) is 18.0. The summed E-state index contributed by atoms with van der Waals surface area (Å²) >= 11 is 5.79. The average molecular weight is 346 g/mol. The molecule has 2 aromatic rings. The van der Waals surface area contributed by atoms with Gasteiger partial charge in [-0.05, 0) is 36.6 Å². The van der Waals surface area contributed by atoms with Crippen molar-refractivity contribution in [1.82, 2.24) is 0 Å². The number of esters is 1. The van der Waals surface area contributed by atoms with Crippen LogP contribution in [0.3, 0.4) is 0 Å². The zero-order valence-corrected chi connectivity index (χ0v) is 14.3. The van der Waals surface area contributed by atoms with Gasteiger partial charge in [0.2, 0.25) is 0 Å². The van der Waals surface area contributed by atoms with Crippen LogP contribution in [-0.2, 0) is 11.2 Å². The Morgan fingerprint density at radius 2 is 1.83 bits per heavy atom. The van der Waals surface area contributed by atoms with Crippen LogP contribution in [-0.4, -0.2) is 18.4 Å². The molecule has 2 rings (SSSR count). The molecule has 126 valence electrons. The number of nitrogens with two attached hydrogens (primary N) is 1. The van der Waals surface area contributed by atoms with Crippen molar-refractivity contribution in [1.29, 1.82) is 0 Å². The second-order valence-corrected chi connectivity index (χ2v) is 5.97. The third-order valence-corrected chi connectivity index (χ3v) is 3.90. The number of Topliss-reactive ketones (excluding diaryl/α,β-unsaturated/α-hetero) is 1. The summed E-state index contributed by atoms with van der Waals surface area (Å²) in [5.41, 5.74) is 7.86. The van der Waals surface area contributed by atoms with Crippen molar-refractivity contribution in [3.63, 3.8) is 0 Å². The number of halogens is 1. The van der Waals surface area contributed by atoms with Crippen LogP contribution in [0.25, 0.3) is 0 Å². The maximum atomic E-state index is 12.1. The van der Waals surface area contributed by atoms with Gasteiger partial charge < -0.3 is 10.5 Å². The van der Waals surface area contributed by atoms with Gasteiger partial charge in [-0.2, -0.15) is 0 Å². The average Bonchev–Trinajstić information content (AvgIpc) is 2.58. The van der Waals surface area contributed by atoms with E-state index in [1.807, 2.05) is 12.1 Å². The molecule has 24 heavy (non-hydrogen) atoms. The first-order chi connectivity index (χ1) is 11.5. The molecule has 0 bridgehead atoms. The molecule has 0 aliphatic carbocycles. The van der Waals surface area contributed by atoms with Crippen LogP contribution < -0.4 is 5.73 Å². The summed E-state index contributed by atoms with van der Waals surface area (Å²) in [5.74, 6) is -0.894. The molecule has 0 aliphatic rings. The van der Waals surface area contributed by atoms with E-state index >= 15 is 0 Å². The van der Waals surface area contributed by atoms with Crippen molar-refractivity contribution in [3.8, 4) is 0 Å². The zero-order valence-electron chi connectivity index (χ0n) is 13.5. The van der Waals surface area contributed by atoms with E-state index < -0.39 is 5.97 Å². The summed E-state index contributed by atoms with van der Waals surface area (Å²) in [5, 5.41) is 0.434. The summed E-state index contributed by atoms with van der Waals surface area (Å²) in [6, 6.07) is 11.9. The van der Waals surface area contributed by atoms with Gasteiger partial charge in [0.05, 0.1) is 5.56 Å². The monoisotopic (exact) mass is 345 g/mol. The normalized spacial score (nSPS) is 10.4. The van der Waals surface area contributed by atoms with Crippen LogP contribution in [0.1, 0.15) is 46.0 Å². The SMILES string of the molecule is CCCCc1ccc(C(=O)COC(=O)c2ccc(Cl)cc2N)cc1. The molecule has 0 radical (unpaired) electrons. The largest absolute Gasteiger partial charge is 0.454 e. The fourth-order valence-corrected chi connectivity index (χ4v) is 2.43. The van der Waals surface area contributed by atoms with Crippen LogP contribution >= 0.6 is 11.6 Å². The van der Waals surface area contributed by atoms with E-state index in [0.717, 1.165) is 19.3 Å². The number of rotatable bonds is 7. The Balaban J connectivity index is 1.93. The lowest BCUT2D eigenvalue weighted by molar-refractivity contribution is 0.0476. The molecule has 0 heterocycles. The van der Waals surface area contributed by atoms with Gasteiger partial charge in [0, 0.05) is 16.3 Å². The third kappa shape index (κ3) is 4.83. The van der Waals surface area contributed by atoms with Gasteiger partial charge in [0.15, 0.2) is 12.4 Å². The molecule has 0 amide bonds. The summed E-state index contributed by atoms with van der Waals surface area (Å²) in [6.45, 7) is 1.81. The van der Waals surface area contributed by atoms with Gasteiger partial charge in [-0.25, -0.2) is 4.79 Å². The van der Waals surface area contributed by atoms with E-state index in [4.69, 9.17) is 22.1 Å². The molecule has 0 saturated heterocycles. The molecule has 4 nitrogen and oxygen atoms in total. The molecule has 0 atom stereocenters. The van der Waals surface area contributed by atoms with Crippen molar-refractivity contribution in [2.75, 3.05) is 12.3 Å². The lowest BCUT2D eigenvalue weighted by Gasteiger charge is -2.07. The van der Waals surface area contributed by atoms with Crippen LogP contribution in [0.4, 0.5) is 5.69 Å². The first-order valence-electron chi connectivity index (χ1n) is 7.85. The molecular weight excluding hydrogens is 326 g/mol. The number of anilines is 1. The molecular formula is C19H20ClNO3. The molecule has 0 fully saturated rings. The summed E-state index contributed by atoms with van der Waals surface area (Å²) in [4.78, 5) is 24.1. The summed E-state index contributed by atoms with van der Waals surface area (Å²) in [6.07, 6.45) is 3.24. The minimum atomic E-state index is -0.642. The highest BCUT2D eigenvalue weighted by Crippen LogP contribution is 2.19. The van der Waals surface area contributed by atoms with Gasteiger partial charge in [-0.15, -0.1) is 0 Å². The summed E-state index contributed by atoms with van der Waals surface area (Å²) in [7, 11) is 0. The van der Waals surface area contributed by atoms with E-state index in [-0.39, 0.29) is 23.6 Å². The van der Waals surface area contributed by atoms with Gasteiger partial charge in [-0.3, -0.25) is 4.79 Å². The zero-order chi connectivity index (χ0) is 17.5. The Morgan fingerprint density at radius 3 is 2.46 bits per heavy atom. The van der Waals surface area contributed by atoms with E-state index in [0.29, 0.717) is 10.6 Å². The predicted octanol–water partition coefficient (Wildman–Crippen LogP) is 4.30. The van der Waals surface area contributed by atoms with E-state index in [1.54, 1.807) is 18.2 Å². The number of benzene rings is 2. The second kappa shape index (κ2) is 8.50. The lowest BCUT2D eigenvalue weighted by Crippen LogP contribution is -2.15. The molecule has 0 aromatic heterocycles. The Hall–Kier alpha value is -2.33. The minimum Gasteiger partial charge on any atom is -0.454 e. The highest BCUT2D eigenvalue weighted by molar-refractivity contribution is 6.31. The third-order valence-electron chi connectivity index (χ3n) is 3.66. The first-order valence-corrected chi connectivity index (χ1v) is 8.23. The minimum absolute atomic E-state index is 0.196. The highest BCUT2D eigenvalue weighted by atomic mass is 35.5. The number of ether oxygens (including phenoxy) is 1. The fourth-order valence-electron chi connectivity index (χ4n) is 2.25. The molecule has 0 spiro atoms. The predicted molar refractivity (Wildman–Crippen MR) is 95.5 cm³/mol. The number of ketones is 1. The van der Waals surface area contributed by atoms with Crippen molar-refractivity contribution in [2.24, 2.45) is 0 Å². The van der Waals surface area contributed by atoms with E-state index in [1.165, 1.54) is 17.7 Å². The highest BCUT2D eigenvalue weighted by Gasteiger charge is 2.14. The number of unbranched alkanes of at least 4 members (excludes halogenated alkanes) is 1. The fraction of sp³-hybridized carbons (Fsp3) is 0.263. The molecule has 2 aromatic carbocycles. The van der Waals surface area contributed by atoms with Gasteiger partial charge >= 0.3 is 5.97 Å². The molecule has 5 heteroatoms. The van der Waals surface area contributed by atoms with Crippen molar-refractivity contribution >= 4 is 29.0 Å². The van der Waals surface area contributed by atoms with Crippen molar-refractivity contribution < 1.29 is 14.3 Å². The Labute approximate surface area is 146 Å². The standard InChI is InChI=1S/C19H20ClNO3/c1-2-3-4-13-5-7-14(8-6-13)18(22)12-24-19(23)16-10-9-15(20)11-17(16)21/h5-11H,2-4,12,21H2,1H3. The summed E-state index contributed by atoms with van der Waals surface area (Å²) < 4.78 is 5.05. The quantitative estimate of drug-likeness (QED) is 0.461. The number of carbonyl (C=O) groups excluding carboxylic acids is 2. The molecule has 2 N–H and O–H groups in total. The van der Waals surface area contributed by atoms with Crippen LogP contribution in [0.2, 0.25) is 5.02 Å². The maximum absolute atomic E-state index is 12.1. The Kier molecular flexibility index (Phi) is 6.38. The van der Waals surface area contributed by atoms with Crippen LogP contribution in [0, 0.1) is 0 Å². The van der Waals surface area contributed by atoms with E-state index in [9.17, 15) is 9.59 Å². The maximum Gasteiger partial charge on any atom is 0.340 e. The second-order valence-electron chi connectivity index (χ2n) is 5.53. The number of aryl methyl sites for hydroxylation is 1. The Morgan fingerprint density at radius 1 is 1.12 bits per heavy atom. The molecule has 0 unspecified atom stereocenters. The van der Waals surface area contributed by atoms with Crippen molar-refractivity contribution in [3.05, 3.63) is 64.2 Å². The number of hydrogen-bond acceptors (Lipinski definition) is 4. The van der Waals surface area contributed by atoms with Crippen LogP contribution in [0.15, 0.2) is 42.5 Å². The smallest absolute Gasteiger partial charge is 0.340 e. The molecule has 0 saturated carbocycles. The van der Waals surface area contributed by atoms with Crippen LogP contribution in [0.5, 0.6) is 0 Å². The van der Waals surface area contributed by atoms with Gasteiger partial charge in [-0.1, -0.05) is 49.2 Å². The Bertz CT molecular complexity index is 726. The number of carbonyl (C=O) groups is 2. The number of nitrogen functional groups attached to an aromatic ring is 1. The van der Waals surface area contributed by atoms with Gasteiger partial charge in [0.25, 0.3) is 0 Å². The van der Waals surface area contributed by atoms with E-state index in [2.05, 4.69) is 6.92 Å². The van der Waals surface area contributed by atoms with Gasteiger partial charge in [0.1, 0.15) is 0 Å². The molecule has 0 aliphatic heterocycles. The number of hydrogen-bond donors (Lipinski definition) is 1. The topological polar surface area (TPSA) is 69.4 Å². The lowest BCUT2D eigenvalue weighted by atomic mass is 10.0. The van der Waals surface area contributed by atoms with Crippen molar-refractivity contribution in [2.45, 2.75) is 26.2 Å².